The number of likely N-dealkylation sites (N-methyl/N-ethyl adjacent to an activating group) is 1. The second-order valence-corrected chi connectivity index (χ2v) is 7.43. The lowest BCUT2D eigenvalue weighted by atomic mass is 10.1. The van der Waals surface area contributed by atoms with Crippen molar-refractivity contribution in [2.45, 2.75) is 46.6 Å². The highest BCUT2D eigenvalue weighted by Gasteiger charge is 2.18. The van der Waals surface area contributed by atoms with E-state index in [1.807, 2.05) is 0 Å². The molecule has 1 aliphatic rings. The largest absolute Gasteiger partial charge is 0.374 e. The van der Waals surface area contributed by atoms with Gasteiger partial charge in [0.15, 0.2) is 5.82 Å². The molecule has 1 saturated heterocycles. The number of aryl methyl sites for hydroxylation is 1. The summed E-state index contributed by atoms with van der Waals surface area (Å²) >= 11 is 0. The summed E-state index contributed by atoms with van der Waals surface area (Å²) in [5.41, 5.74) is 3.64. The summed E-state index contributed by atoms with van der Waals surface area (Å²) in [4.78, 5) is 9.46. The second-order valence-electron chi connectivity index (χ2n) is 7.43. The van der Waals surface area contributed by atoms with Gasteiger partial charge in [0.2, 0.25) is 5.89 Å². The summed E-state index contributed by atoms with van der Waals surface area (Å²) in [6, 6.07) is 6.61. The lowest BCUT2D eigenvalue weighted by Crippen LogP contribution is -2.46. The number of benzene rings is 1. The van der Waals surface area contributed by atoms with E-state index in [0.717, 1.165) is 44.2 Å². The zero-order chi connectivity index (χ0) is 18.7. The highest BCUT2D eigenvalue weighted by Crippen LogP contribution is 2.27. The van der Waals surface area contributed by atoms with E-state index in [4.69, 9.17) is 4.52 Å². The van der Waals surface area contributed by atoms with E-state index in [2.05, 4.69) is 78.1 Å². The molecule has 3 rings (SSSR count). The van der Waals surface area contributed by atoms with Gasteiger partial charge < -0.3 is 19.6 Å². The monoisotopic (exact) mass is 357 g/mol. The highest BCUT2D eigenvalue weighted by atomic mass is 16.5. The van der Waals surface area contributed by atoms with E-state index < -0.39 is 0 Å². The first-order valence-electron chi connectivity index (χ1n) is 9.66. The number of nitrogens with zero attached hydrogens (tertiary/aromatic N) is 4. The molecule has 1 aromatic heterocycles. The fourth-order valence-electron chi connectivity index (χ4n) is 3.28. The molecule has 0 bridgehead atoms. The van der Waals surface area contributed by atoms with Crippen molar-refractivity contribution >= 4 is 11.4 Å². The van der Waals surface area contributed by atoms with Crippen molar-refractivity contribution in [2.24, 2.45) is 0 Å². The molecule has 1 atom stereocenters. The fraction of sp³-hybridized carbons (Fsp3) is 0.600. The zero-order valence-electron chi connectivity index (χ0n) is 16.6. The third kappa shape index (κ3) is 4.18. The standard InChI is InChI=1S/C20H31N5O/c1-6-24-9-11-25(12-10-24)17-7-8-18(15(4)13-17)21-16(5)20-22-19(14(2)3)23-26-20/h7-8,13-14,16,21H,6,9-12H2,1-5H3/t16-/m1/s1. The van der Waals surface area contributed by atoms with Gasteiger partial charge in [-0.2, -0.15) is 4.98 Å². The SMILES string of the molecule is CCN1CCN(c2ccc(N[C@H](C)c3nc(C(C)C)no3)c(C)c2)CC1. The van der Waals surface area contributed by atoms with Crippen LogP contribution < -0.4 is 10.2 Å². The summed E-state index contributed by atoms with van der Waals surface area (Å²) < 4.78 is 5.40. The predicted molar refractivity (Wildman–Crippen MR) is 106 cm³/mol. The summed E-state index contributed by atoms with van der Waals surface area (Å²) in [7, 11) is 0. The Morgan fingerprint density at radius 1 is 1.15 bits per heavy atom. The molecule has 1 aromatic carbocycles. The lowest BCUT2D eigenvalue weighted by molar-refractivity contribution is 0.271. The number of hydrogen-bond donors (Lipinski definition) is 1. The molecule has 1 N–H and O–H groups in total. The molecule has 6 nitrogen and oxygen atoms in total. The number of aromatic nitrogens is 2. The average molecular weight is 358 g/mol. The molecule has 0 radical (unpaired) electrons. The molecule has 6 heteroatoms. The van der Waals surface area contributed by atoms with Crippen LogP contribution in [0.2, 0.25) is 0 Å². The molecule has 142 valence electrons. The molecule has 0 unspecified atom stereocenters. The Hall–Kier alpha value is -2.08. The van der Waals surface area contributed by atoms with Crippen LogP contribution in [0.3, 0.4) is 0 Å². The minimum Gasteiger partial charge on any atom is -0.374 e. The van der Waals surface area contributed by atoms with Crippen molar-refractivity contribution in [3.8, 4) is 0 Å². The zero-order valence-corrected chi connectivity index (χ0v) is 16.6. The van der Waals surface area contributed by atoms with Gasteiger partial charge >= 0.3 is 0 Å². The minimum absolute atomic E-state index is 0.0207. The van der Waals surface area contributed by atoms with E-state index >= 15 is 0 Å². The van der Waals surface area contributed by atoms with Gasteiger partial charge in [-0.05, 0) is 44.2 Å². The van der Waals surface area contributed by atoms with E-state index in [-0.39, 0.29) is 12.0 Å². The quantitative estimate of drug-likeness (QED) is 0.848. The van der Waals surface area contributed by atoms with E-state index in [1.54, 1.807) is 0 Å². The van der Waals surface area contributed by atoms with Gasteiger partial charge in [0.1, 0.15) is 6.04 Å². The molecule has 0 saturated carbocycles. The van der Waals surface area contributed by atoms with Crippen LogP contribution in [0.5, 0.6) is 0 Å². The molecule has 1 fully saturated rings. The normalized spacial score (nSPS) is 16.9. The number of rotatable bonds is 6. The van der Waals surface area contributed by atoms with Gasteiger partial charge in [-0.3, -0.25) is 0 Å². The molecular formula is C20H31N5O. The molecule has 1 aliphatic heterocycles. The summed E-state index contributed by atoms with van der Waals surface area (Å²) in [6.07, 6.45) is 0. The Labute approximate surface area is 156 Å². The van der Waals surface area contributed by atoms with Crippen LogP contribution in [-0.4, -0.2) is 47.8 Å². The van der Waals surface area contributed by atoms with Gasteiger partial charge in [0, 0.05) is 43.5 Å². The molecule has 0 amide bonds. The number of hydrogen-bond acceptors (Lipinski definition) is 6. The van der Waals surface area contributed by atoms with Crippen molar-refractivity contribution in [3.63, 3.8) is 0 Å². The van der Waals surface area contributed by atoms with Crippen molar-refractivity contribution in [1.82, 2.24) is 15.0 Å². The number of nitrogens with one attached hydrogen (secondary N) is 1. The lowest BCUT2D eigenvalue weighted by Gasteiger charge is -2.35. The van der Waals surface area contributed by atoms with E-state index in [9.17, 15) is 0 Å². The van der Waals surface area contributed by atoms with Crippen LogP contribution in [0, 0.1) is 6.92 Å². The van der Waals surface area contributed by atoms with E-state index in [0.29, 0.717) is 5.89 Å². The van der Waals surface area contributed by atoms with Crippen LogP contribution in [0.25, 0.3) is 0 Å². The Kier molecular flexibility index (Phi) is 5.81. The fourth-order valence-corrected chi connectivity index (χ4v) is 3.28. The molecule has 0 spiro atoms. The third-order valence-corrected chi connectivity index (χ3v) is 5.11. The molecular weight excluding hydrogens is 326 g/mol. The van der Waals surface area contributed by atoms with Crippen molar-refractivity contribution < 1.29 is 4.52 Å². The topological polar surface area (TPSA) is 57.4 Å². The first kappa shape index (κ1) is 18.7. The third-order valence-electron chi connectivity index (χ3n) is 5.11. The Morgan fingerprint density at radius 2 is 1.88 bits per heavy atom. The molecule has 2 heterocycles. The maximum atomic E-state index is 5.40. The summed E-state index contributed by atoms with van der Waals surface area (Å²) in [5, 5.41) is 7.55. The Bertz CT molecular complexity index is 719. The van der Waals surface area contributed by atoms with Gasteiger partial charge in [0.05, 0.1) is 0 Å². The van der Waals surface area contributed by atoms with Crippen molar-refractivity contribution in [1.29, 1.82) is 0 Å². The van der Waals surface area contributed by atoms with Crippen LogP contribution >= 0.6 is 0 Å². The van der Waals surface area contributed by atoms with Crippen LogP contribution in [0.4, 0.5) is 11.4 Å². The predicted octanol–water partition coefficient (Wildman–Crippen LogP) is 3.82. The minimum atomic E-state index is -0.0207. The van der Waals surface area contributed by atoms with Crippen LogP contribution in [-0.2, 0) is 0 Å². The summed E-state index contributed by atoms with van der Waals surface area (Å²) in [6.45, 7) is 16.2. The van der Waals surface area contributed by atoms with Crippen molar-refractivity contribution in [2.75, 3.05) is 42.9 Å². The Balaban J connectivity index is 1.65. The number of piperazine rings is 1. The van der Waals surface area contributed by atoms with Crippen LogP contribution in [0.1, 0.15) is 56.9 Å². The highest BCUT2D eigenvalue weighted by molar-refractivity contribution is 5.60. The maximum Gasteiger partial charge on any atom is 0.248 e. The second kappa shape index (κ2) is 8.08. The van der Waals surface area contributed by atoms with Crippen molar-refractivity contribution in [3.05, 3.63) is 35.5 Å². The maximum absolute atomic E-state index is 5.40. The van der Waals surface area contributed by atoms with Gasteiger partial charge in [-0.1, -0.05) is 25.9 Å². The first-order valence-corrected chi connectivity index (χ1v) is 9.66. The van der Waals surface area contributed by atoms with Gasteiger partial charge in [-0.25, -0.2) is 0 Å². The molecule has 2 aromatic rings. The summed E-state index contributed by atoms with van der Waals surface area (Å²) in [5.74, 6) is 1.66. The van der Waals surface area contributed by atoms with Gasteiger partial charge in [0.25, 0.3) is 0 Å². The first-order chi connectivity index (χ1) is 12.5. The van der Waals surface area contributed by atoms with Crippen LogP contribution in [0.15, 0.2) is 22.7 Å². The molecule has 26 heavy (non-hydrogen) atoms. The average Bonchev–Trinajstić information content (AvgIpc) is 3.14. The Morgan fingerprint density at radius 3 is 2.46 bits per heavy atom. The van der Waals surface area contributed by atoms with E-state index in [1.165, 1.54) is 11.3 Å². The van der Waals surface area contributed by atoms with Gasteiger partial charge in [-0.15, -0.1) is 0 Å². The smallest absolute Gasteiger partial charge is 0.248 e. The number of anilines is 2. The molecule has 0 aliphatic carbocycles.